The van der Waals surface area contributed by atoms with Crippen molar-refractivity contribution in [2.24, 2.45) is 0 Å². The standard InChI is InChI=1S/C14H19NO2S/c1-8(2)10-6-12(18-14(10)9(3)4)11-7-13(16-5)17-15-11/h6-9H,1-5H3. The van der Waals surface area contributed by atoms with Crippen molar-refractivity contribution in [1.82, 2.24) is 5.16 Å². The second-order valence-corrected chi connectivity index (χ2v) is 6.06. The van der Waals surface area contributed by atoms with Gasteiger partial charge in [0.15, 0.2) is 0 Å². The third-order valence-corrected chi connectivity index (χ3v) is 4.35. The minimum Gasteiger partial charge on any atom is -0.467 e. The first-order valence-corrected chi connectivity index (χ1v) is 6.99. The summed E-state index contributed by atoms with van der Waals surface area (Å²) < 4.78 is 10.1. The maximum atomic E-state index is 5.07. The Balaban J connectivity index is 2.43. The average Bonchev–Trinajstić information content (AvgIpc) is 2.95. The predicted molar refractivity (Wildman–Crippen MR) is 74.5 cm³/mol. The fourth-order valence-corrected chi connectivity index (χ4v) is 3.19. The molecule has 98 valence electrons. The molecule has 0 fully saturated rings. The van der Waals surface area contributed by atoms with Crippen molar-refractivity contribution in [1.29, 1.82) is 0 Å². The van der Waals surface area contributed by atoms with E-state index in [0.29, 0.717) is 17.8 Å². The molecular weight excluding hydrogens is 246 g/mol. The molecule has 3 nitrogen and oxygen atoms in total. The van der Waals surface area contributed by atoms with Gasteiger partial charge in [0.2, 0.25) is 0 Å². The van der Waals surface area contributed by atoms with Gasteiger partial charge in [-0.25, -0.2) is 0 Å². The first kappa shape index (κ1) is 13.1. The molecule has 0 aliphatic rings. The molecule has 0 saturated carbocycles. The summed E-state index contributed by atoms with van der Waals surface area (Å²) in [4.78, 5) is 2.58. The van der Waals surface area contributed by atoms with Crippen LogP contribution in [-0.2, 0) is 0 Å². The molecule has 0 unspecified atom stereocenters. The molecule has 0 aliphatic heterocycles. The van der Waals surface area contributed by atoms with Crippen LogP contribution in [0, 0.1) is 0 Å². The predicted octanol–water partition coefficient (Wildman–Crippen LogP) is 4.66. The summed E-state index contributed by atoms with van der Waals surface area (Å²) in [7, 11) is 1.58. The number of nitrogens with zero attached hydrogens (tertiary/aromatic N) is 1. The van der Waals surface area contributed by atoms with Gasteiger partial charge in [-0.1, -0.05) is 32.9 Å². The highest BCUT2D eigenvalue weighted by atomic mass is 32.1. The maximum Gasteiger partial charge on any atom is 0.311 e. The van der Waals surface area contributed by atoms with Gasteiger partial charge in [0.1, 0.15) is 5.69 Å². The Bertz CT molecular complexity index is 500. The molecule has 2 heterocycles. The highest BCUT2D eigenvalue weighted by Crippen LogP contribution is 2.39. The van der Waals surface area contributed by atoms with E-state index in [4.69, 9.17) is 9.26 Å². The maximum absolute atomic E-state index is 5.07. The third kappa shape index (κ3) is 2.43. The van der Waals surface area contributed by atoms with Crippen LogP contribution in [0.4, 0.5) is 0 Å². The van der Waals surface area contributed by atoms with E-state index in [1.54, 1.807) is 18.4 Å². The van der Waals surface area contributed by atoms with Crippen molar-refractivity contribution in [3.8, 4) is 16.5 Å². The Labute approximate surface area is 112 Å². The lowest BCUT2D eigenvalue weighted by atomic mass is 9.98. The molecule has 4 heteroatoms. The van der Waals surface area contributed by atoms with Crippen LogP contribution in [0.15, 0.2) is 16.7 Å². The summed E-state index contributed by atoms with van der Waals surface area (Å²) in [6.45, 7) is 8.90. The summed E-state index contributed by atoms with van der Waals surface area (Å²) in [5.74, 6) is 1.52. The van der Waals surface area contributed by atoms with Gasteiger partial charge >= 0.3 is 5.95 Å². The second-order valence-electron chi connectivity index (χ2n) is 4.97. The number of ether oxygens (including phenoxy) is 1. The number of hydrogen-bond donors (Lipinski definition) is 0. The normalized spacial score (nSPS) is 11.5. The van der Waals surface area contributed by atoms with E-state index in [-0.39, 0.29) is 0 Å². The Hall–Kier alpha value is -1.29. The van der Waals surface area contributed by atoms with E-state index >= 15 is 0 Å². The molecule has 0 radical (unpaired) electrons. The van der Waals surface area contributed by atoms with Crippen LogP contribution in [0.1, 0.15) is 50.0 Å². The zero-order valence-corrected chi connectivity index (χ0v) is 12.3. The highest BCUT2D eigenvalue weighted by molar-refractivity contribution is 7.15. The Kier molecular flexibility index (Phi) is 3.76. The minimum absolute atomic E-state index is 0.454. The molecule has 0 spiro atoms. The number of thiophene rings is 1. The van der Waals surface area contributed by atoms with E-state index in [1.807, 2.05) is 6.07 Å². The molecule has 0 amide bonds. The van der Waals surface area contributed by atoms with Gasteiger partial charge in [0.25, 0.3) is 0 Å². The molecule has 2 aromatic heterocycles. The quantitative estimate of drug-likeness (QED) is 0.806. The van der Waals surface area contributed by atoms with Crippen LogP contribution in [-0.4, -0.2) is 12.3 Å². The smallest absolute Gasteiger partial charge is 0.311 e. The van der Waals surface area contributed by atoms with Gasteiger partial charge in [-0.2, -0.15) is 0 Å². The number of rotatable bonds is 4. The van der Waals surface area contributed by atoms with Gasteiger partial charge in [0, 0.05) is 4.88 Å². The van der Waals surface area contributed by atoms with Crippen molar-refractivity contribution in [3.05, 3.63) is 22.6 Å². The van der Waals surface area contributed by atoms with Gasteiger partial charge in [-0.15, -0.1) is 11.3 Å². The average molecular weight is 265 g/mol. The molecule has 0 N–H and O–H groups in total. The van der Waals surface area contributed by atoms with Crippen LogP contribution in [0.3, 0.4) is 0 Å². The first-order valence-electron chi connectivity index (χ1n) is 6.17. The van der Waals surface area contributed by atoms with Gasteiger partial charge in [0.05, 0.1) is 18.1 Å². The summed E-state index contributed by atoms with van der Waals surface area (Å²) in [6.07, 6.45) is 0. The van der Waals surface area contributed by atoms with Gasteiger partial charge in [-0.3, -0.25) is 0 Å². The largest absolute Gasteiger partial charge is 0.467 e. The van der Waals surface area contributed by atoms with E-state index in [1.165, 1.54) is 10.4 Å². The van der Waals surface area contributed by atoms with Crippen LogP contribution in [0.25, 0.3) is 10.6 Å². The number of aromatic nitrogens is 1. The van der Waals surface area contributed by atoms with E-state index in [9.17, 15) is 0 Å². The summed E-state index contributed by atoms with van der Waals surface area (Å²) >= 11 is 1.79. The minimum atomic E-state index is 0.454. The fraction of sp³-hybridized carbons (Fsp3) is 0.500. The van der Waals surface area contributed by atoms with Crippen LogP contribution < -0.4 is 4.74 Å². The molecule has 2 aromatic rings. The fourth-order valence-electron chi connectivity index (χ4n) is 1.92. The molecule has 0 aliphatic carbocycles. The van der Waals surface area contributed by atoms with Crippen LogP contribution >= 0.6 is 11.3 Å². The van der Waals surface area contributed by atoms with Crippen LogP contribution in [0.2, 0.25) is 0 Å². The Morgan fingerprint density at radius 1 is 1.17 bits per heavy atom. The summed E-state index contributed by atoms with van der Waals surface area (Å²) in [5, 5.41) is 4.04. The molecule has 0 saturated heterocycles. The monoisotopic (exact) mass is 265 g/mol. The zero-order valence-electron chi connectivity index (χ0n) is 11.5. The van der Waals surface area contributed by atoms with Crippen molar-refractivity contribution < 1.29 is 9.26 Å². The lowest BCUT2D eigenvalue weighted by Crippen LogP contribution is -1.91. The third-order valence-electron chi connectivity index (χ3n) is 2.88. The molecular formula is C14H19NO2S. The Morgan fingerprint density at radius 2 is 1.89 bits per heavy atom. The van der Waals surface area contributed by atoms with Crippen molar-refractivity contribution in [2.45, 2.75) is 39.5 Å². The first-order chi connectivity index (χ1) is 8.52. The van der Waals surface area contributed by atoms with Gasteiger partial charge in [-0.05, 0) is 23.5 Å². The number of hydrogen-bond acceptors (Lipinski definition) is 4. The molecule has 18 heavy (non-hydrogen) atoms. The molecule has 0 bridgehead atoms. The lowest BCUT2D eigenvalue weighted by molar-refractivity contribution is 0.261. The van der Waals surface area contributed by atoms with Gasteiger partial charge < -0.3 is 9.26 Å². The highest BCUT2D eigenvalue weighted by Gasteiger charge is 2.17. The van der Waals surface area contributed by atoms with E-state index in [2.05, 4.69) is 38.9 Å². The topological polar surface area (TPSA) is 35.3 Å². The van der Waals surface area contributed by atoms with E-state index < -0.39 is 0 Å². The molecule has 2 rings (SSSR count). The Morgan fingerprint density at radius 3 is 2.33 bits per heavy atom. The lowest BCUT2D eigenvalue weighted by Gasteiger charge is -2.08. The zero-order chi connectivity index (χ0) is 13.3. The second kappa shape index (κ2) is 5.14. The molecule has 0 atom stereocenters. The molecule has 0 aromatic carbocycles. The van der Waals surface area contributed by atoms with Crippen molar-refractivity contribution in [3.63, 3.8) is 0 Å². The SMILES string of the molecule is COc1cc(-c2cc(C(C)C)c(C(C)C)s2)no1. The van der Waals surface area contributed by atoms with Crippen molar-refractivity contribution in [2.75, 3.05) is 7.11 Å². The van der Waals surface area contributed by atoms with Crippen molar-refractivity contribution >= 4 is 11.3 Å². The van der Waals surface area contributed by atoms with Crippen LogP contribution in [0.5, 0.6) is 5.95 Å². The number of methoxy groups -OCH3 is 1. The summed E-state index contributed by atoms with van der Waals surface area (Å²) in [6, 6.07) is 4.06. The summed E-state index contributed by atoms with van der Waals surface area (Å²) in [5.41, 5.74) is 2.26. The van der Waals surface area contributed by atoms with E-state index in [0.717, 1.165) is 10.6 Å².